The van der Waals surface area contributed by atoms with Gasteiger partial charge in [-0.25, -0.2) is 4.39 Å². The van der Waals surface area contributed by atoms with Crippen molar-refractivity contribution >= 4 is 0 Å². The first kappa shape index (κ1) is 23.9. The SMILES string of the molecule is CCCCCc1ccc(-c2ccc(CC[C@H]3CC[C@H](CCCCC)CC3)c(F)c2)nn1. The van der Waals surface area contributed by atoms with Crippen LogP contribution < -0.4 is 0 Å². The quantitative estimate of drug-likeness (QED) is 0.320. The third-order valence-corrected chi connectivity index (χ3v) is 7.11. The topological polar surface area (TPSA) is 25.8 Å². The molecule has 0 aliphatic heterocycles. The summed E-state index contributed by atoms with van der Waals surface area (Å²) in [6, 6.07) is 9.60. The van der Waals surface area contributed by atoms with Gasteiger partial charge in [-0.2, -0.15) is 10.2 Å². The molecule has 0 amide bonds. The van der Waals surface area contributed by atoms with Crippen molar-refractivity contribution in [3.63, 3.8) is 0 Å². The Morgan fingerprint density at radius 2 is 1.48 bits per heavy atom. The first-order valence-corrected chi connectivity index (χ1v) is 12.8. The van der Waals surface area contributed by atoms with Crippen LogP contribution in [0.15, 0.2) is 30.3 Å². The van der Waals surface area contributed by atoms with Crippen molar-refractivity contribution in [3.05, 3.63) is 47.4 Å². The average molecular weight is 425 g/mol. The minimum Gasteiger partial charge on any atom is -0.207 e. The van der Waals surface area contributed by atoms with E-state index in [0.717, 1.165) is 60.0 Å². The Hall–Kier alpha value is -1.77. The molecule has 0 atom stereocenters. The summed E-state index contributed by atoms with van der Waals surface area (Å²) in [7, 11) is 0. The van der Waals surface area contributed by atoms with Crippen LogP contribution in [0, 0.1) is 17.7 Å². The Bertz CT molecular complexity index is 763. The van der Waals surface area contributed by atoms with Gasteiger partial charge < -0.3 is 0 Å². The fraction of sp³-hybridized carbons (Fsp3) is 0.643. The molecule has 1 aliphatic carbocycles. The molecule has 1 aromatic carbocycles. The van der Waals surface area contributed by atoms with Crippen LogP contribution in [-0.2, 0) is 12.8 Å². The molecule has 0 N–H and O–H groups in total. The number of hydrogen-bond donors (Lipinski definition) is 0. The summed E-state index contributed by atoms with van der Waals surface area (Å²) < 4.78 is 14.8. The molecule has 1 aromatic heterocycles. The maximum absolute atomic E-state index is 14.8. The van der Waals surface area contributed by atoms with Gasteiger partial charge in [-0.3, -0.25) is 0 Å². The molecule has 1 fully saturated rings. The summed E-state index contributed by atoms with van der Waals surface area (Å²) >= 11 is 0. The van der Waals surface area contributed by atoms with Gasteiger partial charge in [0.15, 0.2) is 0 Å². The third kappa shape index (κ3) is 7.70. The first-order chi connectivity index (χ1) is 15.2. The highest BCUT2D eigenvalue weighted by atomic mass is 19.1. The highest BCUT2D eigenvalue weighted by molar-refractivity contribution is 5.59. The summed E-state index contributed by atoms with van der Waals surface area (Å²) in [5.74, 6) is 1.62. The molecular formula is C28H41FN2. The molecule has 2 aromatic rings. The van der Waals surface area contributed by atoms with Crippen molar-refractivity contribution in [1.82, 2.24) is 10.2 Å². The van der Waals surface area contributed by atoms with Crippen molar-refractivity contribution in [2.75, 3.05) is 0 Å². The van der Waals surface area contributed by atoms with Crippen LogP contribution >= 0.6 is 0 Å². The van der Waals surface area contributed by atoms with Crippen LogP contribution in [0.3, 0.4) is 0 Å². The molecule has 0 unspecified atom stereocenters. The van der Waals surface area contributed by atoms with Gasteiger partial charge in [-0.1, -0.05) is 90.2 Å². The molecule has 0 radical (unpaired) electrons. The highest BCUT2D eigenvalue weighted by Crippen LogP contribution is 2.34. The second-order valence-corrected chi connectivity index (χ2v) is 9.59. The zero-order chi connectivity index (χ0) is 21.9. The van der Waals surface area contributed by atoms with Crippen molar-refractivity contribution in [3.8, 4) is 11.3 Å². The van der Waals surface area contributed by atoms with Crippen LogP contribution in [-0.4, -0.2) is 10.2 Å². The normalized spacial score (nSPS) is 18.9. The monoisotopic (exact) mass is 424 g/mol. The van der Waals surface area contributed by atoms with E-state index in [4.69, 9.17) is 0 Å². The second kappa shape index (κ2) is 12.9. The maximum atomic E-state index is 14.8. The standard InChI is InChI=1S/C28H41FN2/c1-3-5-7-9-22-11-13-23(14-12-22)15-16-24-17-18-25(21-27(24)29)28-20-19-26(30-31-28)10-8-6-4-2/h17-23H,3-16H2,1-2H3/t22-,23-. The minimum atomic E-state index is -0.0976. The van der Waals surface area contributed by atoms with Crippen LogP contribution in [0.1, 0.15) is 102 Å². The molecule has 0 spiro atoms. The fourth-order valence-electron chi connectivity index (χ4n) is 4.96. The summed E-state index contributed by atoms with van der Waals surface area (Å²) in [4.78, 5) is 0. The second-order valence-electron chi connectivity index (χ2n) is 9.59. The highest BCUT2D eigenvalue weighted by Gasteiger charge is 2.21. The molecular weight excluding hydrogens is 383 g/mol. The molecule has 0 saturated heterocycles. The number of aryl methyl sites for hydroxylation is 2. The predicted molar refractivity (Wildman–Crippen MR) is 129 cm³/mol. The lowest BCUT2D eigenvalue weighted by Gasteiger charge is -2.28. The Morgan fingerprint density at radius 1 is 0.774 bits per heavy atom. The number of nitrogens with zero attached hydrogens (tertiary/aromatic N) is 2. The van der Waals surface area contributed by atoms with Gasteiger partial charge in [0.2, 0.25) is 0 Å². The lowest BCUT2D eigenvalue weighted by molar-refractivity contribution is 0.248. The van der Waals surface area contributed by atoms with Crippen LogP contribution in [0.5, 0.6) is 0 Å². The van der Waals surface area contributed by atoms with E-state index in [9.17, 15) is 4.39 Å². The molecule has 1 heterocycles. The summed E-state index contributed by atoms with van der Waals surface area (Å²) in [5.41, 5.74) is 3.44. The molecule has 1 saturated carbocycles. The van der Waals surface area contributed by atoms with Gasteiger partial charge in [0.1, 0.15) is 5.82 Å². The van der Waals surface area contributed by atoms with Crippen LogP contribution in [0.25, 0.3) is 11.3 Å². The fourth-order valence-corrected chi connectivity index (χ4v) is 4.96. The summed E-state index contributed by atoms with van der Waals surface area (Å²) in [5, 5.41) is 8.67. The number of benzene rings is 1. The van der Waals surface area contributed by atoms with Crippen molar-refractivity contribution in [1.29, 1.82) is 0 Å². The van der Waals surface area contributed by atoms with Gasteiger partial charge >= 0.3 is 0 Å². The predicted octanol–water partition coefficient (Wildman–Crippen LogP) is 8.33. The average Bonchev–Trinajstić information content (AvgIpc) is 2.80. The molecule has 2 nitrogen and oxygen atoms in total. The molecule has 3 rings (SSSR count). The number of hydrogen-bond acceptors (Lipinski definition) is 2. The number of halogens is 1. The Morgan fingerprint density at radius 3 is 2.13 bits per heavy atom. The molecule has 170 valence electrons. The zero-order valence-electron chi connectivity index (χ0n) is 19.7. The van der Waals surface area contributed by atoms with Gasteiger partial charge in [0.25, 0.3) is 0 Å². The van der Waals surface area contributed by atoms with Gasteiger partial charge in [0, 0.05) is 5.56 Å². The van der Waals surface area contributed by atoms with E-state index >= 15 is 0 Å². The Labute approximate surface area is 189 Å². The number of aromatic nitrogens is 2. The van der Waals surface area contributed by atoms with Gasteiger partial charge in [0.05, 0.1) is 11.4 Å². The van der Waals surface area contributed by atoms with Crippen molar-refractivity contribution in [2.24, 2.45) is 11.8 Å². The zero-order valence-corrected chi connectivity index (χ0v) is 19.7. The minimum absolute atomic E-state index is 0.0976. The molecule has 1 aliphatic rings. The first-order valence-electron chi connectivity index (χ1n) is 12.8. The van der Waals surface area contributed by atoms with E-state index in [1.807, 2.05) is 24.3 Å². The molecule has 3 heteroatoms. The van der Waals surface area contributed by atoms with Crippen molar-refractivity contribution in [2.45, 2.75) is 104 Å². The van der Waals surface area contributed by atoms with E-state index in [1.165, 1.54) is 64.2 Å². The van der Waals surface area contributed by atoms with E-state index in [-0.39, 0.29) is 5.82 Å². The summed E-state index contributed by atoms with van der Waals surface area (Å²) in [6.45, 7) is 4.48. The number of unbranched alkanes of at least 4 members (excludes halogenated alkanes) is 4. The molecule has 31 heavy (non-hydrogen) atoms. The maximum Gasteiger partial charge on any atom is 0.127 e. The van der Waals surface area contributed by atoms with E-state index in [0.29, 0.717) is 0 Å². The largest absolute Gasteiger partial charge is 0.207 e. The lowest BCUT2D eigenvalue weighted by Crippen LogP contribution is -2.15. The van der Waals surface area contributed by atoms with Crippen LogP contribution in [0.2, 0.25) is 0 Å². The van der Waals surface area contributed by atoms with Crippen LogP contribution in [0.4, 0.5) is 4.39 Å². The van der Waals surface area contributed by atoms with E-state index < -0.39 is 0 Å². The van der Waals surface area contributed by atoms with E-state index in [1.54, 1.807) is 6.07 Å². The lowest BCUT2D eigenvalue weighted by atomic mass is 9.77. The van der Waals surface area contributed by atoms with E-state index in [2.05, 4.69) is 24.0 Å². The number of rotatable bonds is 12. The smallest absolute Gasteiger partial charge is 0.127 e. The van der Waals surface area contributed by atoms with Gasteiger partial charge in [-0.05, 0) is 61.3 Å². The van der Waals surface area contributed by atoms with Crippen molar-refractivity contribution < 1.29 is 4.39 Å². The Balaban J connectivity index is 1.46. The Kier molecular flexibility index (Phi) is 9.96. The van der Waals surface area contributed by atoms with Gasteiger partial charge in [-0.15, -0.1) is 0 Å². The molecule has 0 bridgehead atoms. The summed E-state index contributed by atoms with van der Waals surface area (Å²) in [6.07, 6.45) is 17.4. The third-order valence-electron chi connectivity index (χ3n) is 7.11.